The maximum Gasteiger partial charge on any atom is 0.332 e. The van der Waals surface area contributed by atoms with Gasteiger partial charge in [-0.15, -0.1) is 0 Å². The summed E-state index contributed by atoms with van der Waals surface area (Å²) < 4.78 is 17.2. The Labute approximate surface area is 96.9 Å². The molecule has 0 amide bonds. The van der Waals surface area contributed by atoms with Gasteiger partial charge < -0.3 is 14.2 Å². The number of hydrogen-bond donors (Lipinski definition) is 2. The van der Waals surface area contributed by atoms with Crippen molar-refractivity contribution in [2.45, 2.75) is 6.54 Å². The molecule has 90 valence electrons. The molecule has 17 heavy (non-hydrogen) atoms. The molecule has 2 rings (SSSR count). The molecule has 2 aromatic heterocycles. The lowest BCUT2D eigenvalue weighted by molar-refractivity contribution is -0.750. The van der Waals surface area contributed by atoms with E-state index >= 15 is 0 Å². The second-order valence-electron chi connectivity index (χ2n) is 3.40. The molecular weight excluding hydrogens is 245 g/mol. The van der Waals surface area contributed by atoms with Crippen LogP contribution in [0.2, 0.25) is 0 Å². The van der Waals surface area contributed by atoms with Crippen molar-refractivity contribution in [2.75, 3.05) is 6.16 Å². The molecule has 2 N–H and O–H groups in total. The van der Waals surface area contributed by atoms with Gasteiger partial charge in [0, 0.05) is 6.07 Å². The lowest BCUT2D eigenvalue weighted by atomic mass is 10.3. The van der Waals surface area contributed by atoms with Gasteiger partial charge in [0.1, 0.15) is 18.6 Å². The molecule has 0 spiro atoms. The van der Waals surface area contributed by atoms with Crippen molar-refractivity contribution < 1.29 is 23.5 Å². The molecule has 0 aliphatic rings. The fourth-order valence-corrected chi connectivity index (χ4v) is 1.71. The minimum Gasteiger partial charge on any atom is -0.444 e. The molecule has 0 unspecified atom stereocenters. The fraction of sp³-hybridized carbons (Fsp3) is 0.222. The van der Waals surface area contributed by atoms with Gasteiger partial charge in [0.05, 0.1) is 11.8 Å². The molecule has 0 aliphatic carbocycles. The fourth-order valence-electron chi connectivity index (χ4n) is 1.24. The predicted octanol–water partition coefficient (Wildman–Crippen LogP) is 0.202. The molecular formula is C9H11N3O4P+. The molecule has 0 aromatic carbocycles. The van der Waals surface area contributed by atoms with E-state index in [-0.39, 0.29) is 12.7 Å². The SMILES string of the molecule is O=P(O)(O)CC[n+]1ccc(-c2ncco2)cn1. The average molecular weight is 256 g/mol. The first-order valence-corrected chi connectivity index (χ1v) is 6.64. The van der Waals surface area contributed by atoms with Gasteiger partial charge in [-0.25, -0.2) is 4.98 Å². The van der Waals surface area contributed by atoms with Gasteiger partial charge in [0.25, 0.3) is 0 Å². The lowest BCUT2D eigenvalue weighted by Gasteiger charge is -1.99. The van der Waals surface area contributed by atoms with Crippen LogP contribution in [0.25, 0.3) is 11.5 Å². The maximum atomic E-state index is 10.7. The number of rotatable bonds is 4. The number of aryl methyl sites for hydroxylation is 1. The van der Waals surface area contributed by atoms with Gasteiger partial charge >= 0.3 is 7.60 Å². The van der Waals surface area contributed by atoms with Crippen LogP contribution in [0.5, 0.6) is 0 Å². The van der Waals surface area contributed by atoms with Gasteiger partial charge in [-0.05, 0) is 5.10 Å². The van der Waals surface area contributed by atoms with E-state index in [4.69, 9.17) is 14.2 Å². The zero-order chi connectivity index (χ0) is 12.3. The van der Waals surface area contributed by atoms with Crippen LogP contribution in [0.3, 0.4) is 0 Å². The summed E-state index contributed by atoms with van der Waals surface area (Å²) in [5, 5.41) is 4.01. The molecule has 0 fully saturated rings. The highest BCUT2D eigenvalue weighted by Gasteiger charge is 2.17. The number of oxazole rings is 1. The summed E-state index contributed by atoms with van der Waals surface area (Å²) >= 11 is 0. The van der Waals surface area contributed by atoms with E-state index in [0.717, 1.165) is 0 Å². The largest absolute Gasteiger partial charge is 0.444 e. The summed E-state index contributed by atoms with van der Waals surface area (Å²) in [7, 11) is -3.98. The molecule has 0 bridgehead atoms. The van der Waals surface area contributed by atoms with E-state index in [0.29, 0.717) is 11.5 Å². The third kappa shape index (κ3) is 3.45. The van der Waals surface area contributed by atoms with Crippen molar-refractivity contribution in [3.63, 3.8) is 0 Å². The van der Waals surface area contributed by atoms with Crippen LogP contribution in [0.4, 0.5) is 0 Å². The minimum absolute atomic E-state index is 0.163. The van der Waals surface area contributed by atoms with Crippen molar-refractivity contribution in [1.82, 2.24) is 10.1 Å². The lowest BCUT2D eigenvalue weighted by Crippen LogP contribution is -2.38. The highest BCUT2D eigenvalue weighted by molar-refractivity contribution is 7.51. The van der Waals surface area contributed by atoms with Gasteiger partial charge in [0.2, 0.25) is 5.89 Å². The van der Waals surface area contributed by atoms with Crippen LogP contribution >= 0.6 is 7.60 Å². The van der Waals surface area contributed by atoms with Crippen molar-refractivity contribution in [3.8, 4) is 11.5 Å². The molecule has 0 saturated heterocycles. The van der Waals surface area contributed by atoms with E-state index in [2.05, 4.69) is 10.1 Å². The first-order chi connectivity index (χ1) is 8.04. The Morgan fingerprint density at radius 2 is 2.29 bits per heavy atom. The molecule has 0 saturated carbocycles. The minimum atomic E-state index is -3.98. The Bertz CT molecular complexity index is 520. The molecule has 8 heteroatoms. The zero-order valence-electron chi connectivity index (χ0n) is 8.80. The van der Waals surface area contributed by atoms with Crippen LogP contribution in [-0.4, -0.2) is 26.0 Å². The van der Waals surface area contributed by atoms with Crippen LogP contribution in [-0.2, 0) is 11.1 Å². The Morgan fingerprint density at radius 1 is 1.47 bits per heavy atom. The highest BCUT2D eigenvalue weighted by atomic mass is 31.2. The zero-order valence-corrected chi connectivity index (χ0v) is 9.70. The van der Waals surface area contributed by atoms with Crippen molar-refractivity contribution in [2.24, 2.45) is 0 Å². The summed E-state index contributed by atoms with van der Waals surface area (Å²) in [6.45, 7) is 0.163. The van der Waals surface area contributed by atoms with Gasteiger partial charge in [-0.2, -0.15) is 0 Å². The second-order valence-corrected chi connectivity index (χ2v) is 5.18. The molecule has 0 aliphatic heterocycles. The van der Waals surface area contributed by atoms with Crippen LogP contribution in [0, 0.1) is 0 Å². The topological polar surface area (TPSA) is 100 Å². The highest BCUT2D eigenvalue weighted by Crippen LogP contribution is 2.33. The molecule has 0 atom stereocenters. The predicted molar refractivity (Wildman–Crippen MR) is 56.8 cm³/mol. The van der Waals surface area contributed by atoms with E-state index in [9.17, 15) is 4.57 Å². The Kier molecular flexibility index (Phi) is 3.33. The van der Waals surface area contributed by atoms with E-state index < -0.39 is 7.60 Å². The molecule has 0 radical (unpaired) electrons. The van der Waals surface area contributed by atoms with Crippen molar-refractivity contribution in [3.05, 3.63) is 30.9 Å². The number of nitrogens with zero attached hydrogens (tertiary/aromatic N) is 3. The summed E-state index contributed by atoms with van der Waals surface area (Å²) in [5.41, 5.74) is 0.711. The van der Waals surface area contributed by atoms with Crippen molar-refractivity contribution >= 4 is 7.60 Å². The number of hydrogen-bond acceptors (Lipinski definition) is 4. The molecule has 2 aromatic rings. The van der Waals surface area contributed by atoms with Crippen LogP contribution in [0.15, 0.2) is 35.3 Å². The van der Waals surface area contributed by atoms with Crippen molar-refractivity contribution in [1.29, 1.82) is 0 Å². The second kappa shape index (κ2) is 4.75. The molecule has 7 nitrogen and oxygen atoms in total. The Balaban J connectivity index is 2.06. The molecule has 2 heterocycles. The summed E-state index contributed by atoms with van der Waals surface area (Å²) in [6.07, 6.45) is 5.91. The number of aromatic nitrogens is 3. The summed E-state index contributed by atoms with van der Waals surface area (Å²) in [5.74, 6) is 0.458. The van der Waals surface area contributed by atoms with Gasteiger partial charge in [-0.3, -0.25) is 4.57 Å². The standard InChI is InChI=1S/C9H10N3O4P/c13-17(14,15)6-4-12-3-1-8(7-11-12)9-10-2-5-16-9/h1-3,5,7H,4,6H2,(H-,13,14,15)/p+1. The monoisotopic (exact) mass is 256 g/mol. The summed E-state index contributed by atoms with van der Waals surface area (Å²) in [6, 6.07) is 1.72. The first-order valence-electron chi connectivity index (χ1n) is 4.85. The first kappa shape index (κ1) is 11.9. The maximum absolute atomic E-state index is 10.7. The smallest absolute Gasteiger partial charge is 0.332 e. The Hall–Kier alpha value is -1.56. The average Bonchev–Trinajstić information content (AvgIpc) is 2.79. The van der Waals surface area contributed by atoms with E-state index in [1.54, 1.807) is 12.3 Å². The van der Waals surface area contributed by atoms with Gasteiger partial charge in [-0.1, -0.05) is 4.68 Å². The quantitative estimate of drug-likeness (QED) is 0.598. The normalized spacial score (nSPS) is 11.6. The third-order valence-corrected chi connectivity index (χ3v) is 2.85. The van der Waals surface area contributed by atoms with E-state index in [1.165, 1.54) is 23.3 Å². The summed E-state index contributed by atoms with van der Waals surface area (Å²) in [4.78, 5) is 21.4. The van der Waals surface area contributed by atoms with Crippen LogP contribution < -0.4 is 4.68 Å². The van der Waals surface area contributed by atoms with Gasteiger partial charge in [0.15, 0.2) is 12.7 Å². The van der Waals surface area contributed by atoms with Crippen LogP contribution in [0.1, 0.15) is 0 Å². The Morgan fingerprint density at radius 3 is 2.82 bits per heavy atom. The van der Waals surface area contributed by atoms with E-state index in [1.807, 2.05) is 0 Å². The third-order valence-electron chi connectivity index (χ3n) is 2.07.